The smallest absolute Gasteiger partial charge is 0.303 e. The molecule has 1 spiro atoms. The molecule has 0 radical (unpaired) electrons. The van der Waals surface area contributed by atoms with Crippen LogP contribution in [0, 0.1) is 33.5 Å². The molecular weight excluding hydrogens is 480 g/mol. The lowest BCUT2D eigenvalue weighted by atomic mass is 9.33. The van der Waals surface area contributed by atoms with Gasteiger partial charge >= 0.3 is 5.97 Å². The molecule has 2 bridgehead atoms. The van der Waals surface area contributed by atoms with Crippen LogP contribution in [0.3, 0.4) is 0 Å². The molecule has 13 atom stereocenters. The maximum Gasteiger partial charge on any atom is 0.303 e. The number of epoxide rings is 1. The van der Waals surface area contributed by atoms with Crippen LogP contribution in [0.5, 0.6) is 0 Å². The second-order valence-corrected chi connectivity index (χ2v) is 13.2. The minimum atomic E-state index is -1.14. The number of esters is 1. The van der Waals surface area contributed by atoms with Crippen molar-refractivity contribution in [3.8, 4) is 0 Å². The van der Waals surface area contributed by atoms with Crippen molar-refractivity contribution in [1.82, 2.24) is 0 Å². The summed E-state index contributed by atoms with van der Waals surface area (Å²) in [4.78, 5) is 27.3. The molecule has 9 nitrogen and oxygen atoms in total. The molecule has 4 saturated carbocycles. The predicted molar refractivity (Wildman–Crippen MR) is 126 cm³/mol. The Morgan fingerprint density at radius 1 is 1.11 bits per heavy atom. The monoisotopic (exact) mass is 516 g/mol. The summed E-state index contributed by atoms with van der Waals surface area (Å²) in [6.07, 6.45) is 0.857. The van der Waals surface area contributed by atoms with Gasteiger partial charge < -0.3 is 33.9 Å². The van der Waals surface area contributed by atoms with Gasteiger partial charge in [-0.15, -0.1) is 0 Å². The molecule has 1 unspecified atom stereocenters. The summed E-state index contributed by atoms with van der Waals surface area (Å²) >= 11 is 0. The van der Waals surface area contributed by atoms with Crippen molar-refractivity contribution in [1.29, 1.82) is 0 Å². The summed E-state index contributed by atoms with van der Waals surface area (Å²) in [6, 6.07) is 1.87. The minimum Gasteiger partial charge on any atom is -0.472 e. The van der Waals surface area contributed by atoms with Crippen LogP contribution >= 0.6 is 0 Å². The van der Waals surface area contributed by atoms with Gasteiger partial charge in [-0.1, -0.05) is 20.8 Å². The van der Waals surface area contributed by atoms with Crippen LogP contribution in [-0.2, 0) is 23.8 Å². The minimum absolute atomic E-state index is 0.0102. The largest absolute Gasteiger partial charge is 0.472 e. The van der Waals surface area contributed by atoms with E-state index in [4.69, 9.17) is 18.6 Å². The van der Waals surface area contributed by atoms with Gasteiger partial charge in [0.25, 0.3) is 0 Å². The summed E-state index contributed by atoms with van der Waals surface area (Å²) in [5, 5.41) is 34.6. The van der Waals surface area contributed by atoms with Gasteiger partial charge in [-0.25, -0.2) is 0 Å². The highest BCUT2D eigenvalue weighted by Gasteiger charge is 2.92. The average molecular weight is 517 g/mol. The van der Waals surface area contributed by atoms with E-state index in [0.717, 1.165) is 5.56 Å². The average Bonchev–Trinajstić information content (AvgIpc) is 3.21. The molecule has 0 amide bonds. The maximum absolute atomic E-state index is 14.9. The van der Waals surface area contributed by atoms with Crippen molar-refractivity contribution in [2.75, 3.05) is 6.61 Å². The van der Waals surface area contributed by atoms with Gasteiger partial charge in [-0.2, -0.15) is 0 Å². The summed E-state index contributed by atoms with van der Waals surface area (Å²) < 4.78 is 23.8. The second kappa shape index (κ2) is 7.04. The third kappa shape index (κ3) is 2.38. The molecule has 6 fully saturated rings. The van der Waals surface area contributed by atoms with Crippen LogP contribution in [0.4, 0.5) is 0 Å². The van der Waals surface area contributed by atoms with E-state index in [2.05, 4.69) is 0 Å². The van der Waals surface area contributed by atoms with Crippen LogP contribution in [0.2, 0.25) is 0 Å². The number of aliphatic hydroxyl groups is 3. The van der Waals surface area contributed by atoms with E-state index in [1.807, 2.05) is 26.8 Å². The zero-order chi connectivity index (χ0) is 26.3. The van der Waals surface area contributed by atoms with E-state index < -0.39 is 63.8 Å². The summed E-state index contributed by atoms with van der Waals surface area (Å²) in [5.74, 6) is -2.30. The molecule has 1 aromatic heterocycles. The number of ether oxygens (including phenoxy) is 3. The number of furan rings is 1. The second-order valence-electron chi connectivity index (χ2n) is 13.2. The van der Waals surface area contributed by atoms with Crippen LogP contribution < -0.4 is 0 Å². The first kappa shape index (κ1) is 24.3. The van der Waals surface area contributed by atoms with Crippen molar-refractivity contribution >= 4 is 11.8 Å². The fraction of sp³-hybridized carbons (Fsp3) is 0.786. The lowest BCUT2D eigenvalue weighted by molar-refractivity contribution is -0.355. The number of hydrogen-bond donors (Lipinski definition) is 3. The lowest BCUT2D eigenvalue weighted by Gasteiger charge is -2.72. The molecule has 202 valence electrons. The molecule has 0 aromatic carbocycles. The Balaban J connectivity index is 1.47. The van der Waals surface area contributed by atoms with Crippen molar-refractivity contribution in [3.63, 3.8) is 0 Å². The van der Waals surface area contributed by atoms with Crippen LogP contribution in [-0.4, -0.2) is 70.0 Å². The number of carbonyl (C=O) groups excluding carboxylic acids is 2. The number of Topliss-reactive ketones (excluding diaryl/α,β-unsaturated/α-hetero) is 1. The third-order valence-electron chi connectivity index (χ3n) is 12.2. The highest BCUT2D eigenvalue weighted by molar-refractivity contribution is 5.92. The van der Waals surface area contributed by atoms with Gasteiger partial charge in [0.2, 0.25) is 0 Å². The van der Waals surface area contributed by atoms with Crippen LogP contribution in [0.25, 0.3) is 0 Å². The highest BCUT2D eigenvalue weighted by atomic mass is 16.6. The van der Waals surface area contributed by atoms with Crippen molar-refractivity contribution in [2.24, 2.45) is 33.5 Å². The van der Waals surface area contributed by atoms with Gasteiger partial charge in [-0.05, 0) is 43.2 Å². The zero-order valence-corrected chi connectivity index (χ0v) is 21.7. The van der Waals surface area contributed by atoms with Gasteiger partial charge in [0.05, 0.1) is 42.9 Å². The van der Waals surface area contributed by atoms with Crippen molar-refractivity contribution < 1.29 is 43.5 Å². The first-order chi connectivity index (χ1) is 17.4. The third-order valence-corrected chi connectivity index (χ3v) is 12.2. The van der Waals surface area contributed by atoms with E-state index in [-0.39, 0.29) is 30.3 Å². The quantitative estimate of drug-likeness (QED) is 0.397. The number of rotatable bonds is 2. The molecule has 2 saturated heterocycles. The standard InChI is InChI=1S/C28H36O9/c1-13(29)36-22-20(32)21-26(4,28-19(37-28)9-15(25(22,28)3)14-6-8-34-11-14)18(31)10-16-24(2)7-5-17(30)27(16,21)12-35-23(24)33/h6,8,11,15-19,21-23,30-31,33H,5,7,9-10,12H2,1-4H3/t15-,16-,17-,18+,19+,21-,22-,23?,24-,25+,26+,27+,28+/m0/s1. The SMILES string of the molecule is CC(=O)O[C@H]1C(=O)[C@@H]2[C@@]34COC(O)[C@@](C)(CC[C@@H]3O)[C@@H]4C[C@@H](O)[C@@]2(C)[C@@]23O[C@@H]2C[C@@H](c2ccoc2)[C@]13C. The molecule has 2 aliphatic heterocycles. The molecule has 37 heavy (non-hydrogen) atoms. The zero-order valence-electron chi connectivity index (χ0n) is 21.7. The summed E-state index contributed by atoms with van der Waals surface area (Å²) in [6.45, 7) is 7.09. The predicted octanol–water partition coefficient (Wildman–Crippen LogP) is 1.92. The van der Waals surface area contributed by atoms with E-state index >= 15 is 0 Å². The summed E-state index contributed by atoms with van der Waals surface area (Å²) in [5.41, 5.74) is -3.86. The molecule has 4 aliphatic carbocycles. The Morgan fingerprint density at radius 2 is 1.86 bits per heavy atom. The number of aliphatic hydroxyl groups excluding tert-OH is 3. The number of carbonyl (C=O) groups is 2. The summed E-state index contributed by atoms with van der Waals surface area (Å²) in [7, 11) is 0. The van der Waals surface area contributed by atoms with Crippen LogP contribution in [0.15, 0.2) is 23.0 Å². The molecule has 6 aliphatic rings. The van der Waals surface area contributed by atoms with Gasteiger partial charge in [0.1, 0.15) is 5.60 Å². The van der Waals surface area contributed by atoms with Gasteiger partial charge in [0, 0.05) is 35.0 Å². The highest BCUT2D eigenvalue weighted by Crippen LogP contribution is 2.82. The first-order valence-electron chi connectivity index (χ1n) is 13.5. The Hall–Kier alpha value is -1.78. The fourth-order valence-electron chi connectivity index (χ4n) is 10.6. The molecule has 9 heteroatoms. The van der Waals surface area contributed by atoms with Crippen molar-refractivity contribution in [3.05, 3.63) is 24.2 Å². The fourth-order valence-corrected chi connectivity index (χ4v) is 10.6. The molecule has 7 rings (SSSR count). The number of hydrogen-bond acceptors (Lipinski definition) is 9. The van der Waals surface area contributed by atoms with Crippen molar-refractivity contribution in [2.45, 2.75) is 95.6 Å². The lowest BCUT2D eigenvalue weighted by Crippen LogP contribution is -2.80. The van der Waals surface area contributed by atoms with E-state index in [1.165, 1.54) is 6.92 Å². The Kier molecular flexibility index (Phi) is 4.62. The topological polar surface area (TPSA) is 139 Å². The van der Waals surface area contributed by atoms with Gasteiger partial charge in [-0.3, -0.25) is 9.59 Å². The first-order valence-corrected chi connectivity index (χ1v) is 13.5. The van der Waals surface area contributed by atoms with Crippen LogP contribution in [0.1, 0.15) is 64.9 Å². The van der Waals surface area contributed by atoms with E-state index in [1.54, 1.807) is 12.5 Å². The van der Waals surface area contributed by atoms with E-state index in [0.29, 0.717) is 25.7 Å². The Morgan fingerprint density at radius 3 is 2.54 bits per heavy atom. The Labute approximate surface area is 215 Å². The molecule has 3 heterocycles. The van der Waals surface area contributed by atoms with Gasteiger partial charge in [0.15, 0.2) is 18.2 Å². The number of fused-ring (bicyclic) bond motifs is 1. The molecular formula is C28H36O9. The number of ketones is 1. The molecule has 3 N–H and O–H groups in total. The van der Waals surface area contributed by atoms with E-state index in [9.17, 15) is 24.9 Å². The normalized spacial score (nSPS) is 57.5. The Bertz CT molecular complexity index is 1170. The molecule has 1 aromatic rings. The maximum atomic E-state index is 14.9.